The maximum atomic E-state index is 10.9. The normalized spacial score (nSPS) is 11.5. The average Bonchev–Trinajstić information content (AvgIpc) is 1.92. The number of anilines is 1. The van der Waals surface area contributed by atoms with Gasteiger partial charge in [-0.05, 0) is 28.1 Å². The molecule has 0 saturated heterocycles. The van der Waals surface area contributed by atoms with Gasteiger partial charge in [-0.25, -0.2) is 13.6 Å². The fraction of sp³-hybridized carbons (Fsp3) is 0. The summed E-state index contributed by atoms with van der Waals surface area (Å²) < 4.78 is 22.1. The molecular formula is C6H7BrN2O2S. The van der Waals surface area contributed by atoms with Crippen LogP contribution in [0.2, 0.25) is 0 Å². The van der Waals surface area contributed by atoms with Crippen LogP contribution in [0.5, 0.6) is 0 Å². The largest absolute Gasteiger partial charge is 0.398 e. The van der Waals surface area contributed by atoms with E-state index in [-0.39, 0.29) is 4.90 Å². The SMILES string of the molecule is Nc1cccc(S(N)(=O)=O)c1Br. The van der Waals surface area contributed by atoms with E-state index in [1.807, 2.05) is 0 Å². The first kappa shape index (κ1) is 9.50. The fourth-order valence-electron chi connectivity index (χ4n) is 0.748. The van der Waals surface area contributed by atoms with Crippen molar-refractivity contribution in [2.45, 2.75) is 4.90 Å². The molecule has 4 N–H and O–H groups in total. The molecule has 66 valence electrons. The molecule has 0 radical (unpaired) electrons. The minimum Gasteiger partial charge on any atom is -0.398 e. The molecule has 0 fully saturated rings. The lowest BCUT2D eigenvalue weighted by Gasteiger charge is -2.03. The van der Waals surface area contributed by atoms with Gasteiger partial charge in [-0.3, -0.25) is 0 Å². The first-order chi connectivity index (χ1) is 5.43. The zero-order valence-corrected chi connectivity index (χ0v) is 8.39. The molecule has 0 aliphatic heterocycles. The van der Waals surface area contributed by atoms with Crippen molar-refractivity contribution in [2.24, 2.45) is 5.14 Å². The van der Waals surface area contributed by atoms with Crippen LogP contribution in [0.1, 0.15) is 0 Å². The minimum absolute atomic E-state index is 0.00231. The summed E-state index contributed by atoms with van der Waals surface area (Å²) in [5.41, 5.74) is 5.80. The van der Waals surface area contributed by atoms with Crippen LogP contribution >= 0.6 is 15.9 Å². The number of nitrogen functional groups attached to an aromatic ring is 1. The maximum Gasteiger partial charge on any atom is 0.239 e. The van der Waals surface area contributed by atoms with Crippen molar-refractivity contribution in [1.82, 2.24) is 0 Å². The molecule has 0 aliphatic rings. The molecule has 4 nitrogen and oxygen atoms in total. The minimum atomic E-state index is -3.68. The van der Waals surface area contributed by atoms with Gasteiger partial charge in [-0.1, -0.05) is 6.07 Å². The molecule has 12 heavy (non-hydrogen) atoms. The zero-order chi connectivity index (χ0) is 9.35. The maximum absolute atomic E-state index is 10.9. The molecule has 0 aromatic heterocycles. The van der Waals surface area contributed by atoms with E-state index in [0.717, 1.165) is 0 Å². The second-order valence-electron chi connectivity index (χ2n) is 2.20. The predicted octanol–water partition coefficient (Wildman–Crippen LogP) is 0.679. The Labute approximate surface area is 78.7 Å². The van der Waals surface area contributed by atoms with Crippen molar-refractivity contribution >= 4 is 31.6 Å². The van der Waals surface area contributed by atoms with Gasteiger partial charge in [0.15, 0.2) is 0 Å². The molecule has 0 unspecified atom stereocenters. The van der Waals surface area contributed by atoms with E-state index in [2.05, 4.69) is 15.9 Å². The van der Waals surface area contributed by atoms with Gasteiger partial charge in [0.25, 0.3) is 0 Å². The number of primary sulfonamides is 1. The number of nitrogens with two attached hydrogens (primary N) is 2. The molecule has 6 heteroatoms. The van der Waals surface area contributed by atoms with E-state index in [4.69, 9.17) is 10.9 Å². The summed E-state index contributed by atoms with van der Waals surface area (Å²) in [6.45, 7) is 0. The van der Waals surface area contributed by atoms with Gasteiger partial charge in [-0.2, -0.15) is 0 Å². The second kappa shape index (κ2) is 3.04. The summed E-state index contributed by atoms with van der Waals surface area (Å²) in [5.74, 6) is 0. The van der Waals surface area contributed by atoms with E-state index in [1.54, 1.807) is 6.07 Å². The van der Waals surface area contributed by atoms with Gasteiger partial charge < -0.3 is 5.73 Å². The molecule has 0 atom stereocenters. The highest BCUT2D eigenvalue weighted by molar-refractivity contribution is 9.10. The lowest BCUT2D eigenvalue weighted by atomic mass is 10.3. The van der Waals surface area contributed by atoms with E-state index < -0.39 is 10.0 Å². The number of hydrogen-bond donors (Lipinski definition) is 2. The Hall–Kier alpha value is -0.590. The standard InChI is InChI=1S/C6H7BrN2O2S/c7-6-4(8)2-1-3-5(6)12(9,10)11/h1-3H,8H2,(H2,9,10,11). The molecule has 1 aromatic rings. The van der Waals surface area contributed by atoms with Crippen molar-refractivity contribution < 1.29 is 8.42 Å². The van der Waals surface area contributed by atoms with Crippen LogP contribution < -0.4 is 10.9 Å². The van der Waals surface area contributed by atoms with Crippen molar-refractivity contribution in [3.63, 3.8) is 0 Å². The fourth-order valence-corrected chi connectivity index (χ4v) is 2.32. The van der Waals surface area contributed by atoms with E-state index in [9.17, 15) is 8.42 Å². The topological polar surface area (TPSA) is 86.2 Å². The van der Waals surface area contributed by atoms with Crippen LogP contribution in [-0.4, -0.2) is 8.42 Å². The molecule has 0 bridgehead atoms. The first-order valence-corrected chi connectivity index (χ1v) is 5.33. The van der Waals surface area contributed by atoms with Crippen LogP contribution in [0, 0.1) is 0 Å². The van der Waals surface area contributed by atoms with Gasteiger partial charge in [0.2, 0.25) is 10.0 Å². The van der Waals surface area contributed by atoms with E-state index in [1.165, 1.54) is 12.1 Å². The van der Waals surface area contributed by atoms with Crippen LogP contribution in [0.3, 0.4) is 0 Å². The molecule has 0 aliphatic carbocycles. The third-order valence-corrected chi connectivity index (χ3v) is 3.40. The first-order valence-electron chi connectivity index (χ1n) is 2.99. The Morgan fingerprint density at radius 1 is 1.33 bits per heavy atom. The third kappa shape index (κ3) is 1.77. The molecule has 0 saturated carbocycles. The summed E-state index contributed by atoms with van der Waals surface area (Å²) in [6.07, 6.45) is 0. The summed E-state index contributed by atoms with van der Waals surface area (Å²) in [4.78, 5) is 0.00231. The van der Waals surface area contributed by atoms with Crippen LogP contribution in [0.4, 0.5) is 5.69 Å². The monoisotopic (exact) mass is 250 g/mol. The average molecular weight is 251 g/mol. The summed E-state index contributed by atoms with van der Waals surface area (Å²) in [5, 5.41) is 4.91. The predicted molar refractivity (Wildman–Crippen MR) is 49.9 cm³/mol. The third-order valence-electron chi connectivity index (χ3n) is 1.30. The Morgan fingerprint density at radius 2 is 1.92 bits per heavy atom. The summed E-state index contributed by atoms with van der Waals surface area (Å²) in [6, 6.07) is 4.49. The lowest BCUT2D eigenvalue weighted by molar-refractivity contribution is 0.597. The lowest BCUT2D eigenvalue weighted by Crippen LogP contribution is -2.13. The number of hydrogen-bond acceptors (Lipinski definition) is 3. The molecule has 1 aromatic carbocycles. The summed E-state index contributed by atoms with van der Waals surface area (Å²) in [7, 11) is -3.68. The molecule has 0 amide bonds. The van der Waals surface area contributed by atoms with Crippen LogP contribution in [-0.2, 0) is 10.0 Å². The van der Waals surface area contributed by atoms with Crippen LogP contribution in [0.15, 0.2) is 27.6 Å². The number of benzene rings is 1. The highest BCUT2D eigenvalue weighted by Gasteiger charge is 2.13. The van der Waals surface area contributed by atoms with Gasteiger partial charge in [0, 0.05) is 5.69 Å². The van der Waals surface area contributed by atoms with Gasteiger partial charge in [0.05, 0.1) is 9.37 Å². The van der Waals surface area contributed by atoms with Gasteiger partial charge in [-0.15, -0.1) is 0 Å². The molecule has 0 heterocycles. The van der Waals surface area contributed by atoms with Crippen molar-refractivity contribution in [3.8, 4) is 0 Å². The summed E-state index contributed by atoms with van der Waals surface area (Å²) >= 11 is 3.03. The number of halogens is 1. The van der Waals surface area contributed by atoms with Gasteiger partial charge in [0.1, 0.15) is 0 Å². The quantitative estimate of drug-likeness (QED) is 0.719. The zero-order valence-electron chi connectivity index (χ0n) is 5.99. The Morgan fingerprint density at radius 3 is 2.33 bits per heavy atom. The Kier molecular flexibility index (Phi) is 2.41. The highest BCUT2D eigenvalue weighted by atomic mass is 79.9. The van der Waals surface area contributed by atoms with E-state index in [0.29, 0.717) is 10.2 Å². The highest BCUT2D eigenvalue weighted by Crippen LogP contribution is 2.26. The molecule has 1 rings (SSSR count). The Bertz CT molecular complexity index is 402. The van der Waals surface area contributed by atoms with E-state index >= 15 is 0 Å². The molecule has 0 spiro atoms. The van der Waals surface area contributed by atoms with Crippen molar-refractivity contribution in [2.75, 3.05) is 5.73 Å². The second-order valence-corrected chi connectivity index (χ2v) is 4.53. The molecular weight excluding hydrogens is 244 g/mol. The Balaban J connectivity index is 3.47. The number of sulfonamides is 1. The van der Waals surface area contributed by atoms with Crippen molar-refractivity contribution in [1.29, 1.82) is 0 Å². The van der Waals surface area contributed by atoms with Crippen LogP contribution in [0.25, 0.3) is 0 Å². The number of rotatable bonds is 1. The smallest absolute Gasteiger partial charge is 0.239 e. The van der Waals surface area contributed by atoms with Gasteiger partial charge >= 0.3 is 0 Å². The van der Waals surface area contributed by atoms with Crippen molar-refractivity contribution in [3.05, 3.63) is 22.7 Å².